The van der Waals surface area contributed by atoms with Gasteiger partial charge in [0.25, 0.3) is 0 Å². The molecule has 0 amide bonds. The summed E-state index contributed by atoms with van der Waals surface area (Å²) < 4.78 is 0.903. The maximum absolute atomic E-state index is 10.3. The van der Waals surface area contributed by atoms with Gasteiger partial charge in [-0.1, -0.05) is 0 Å². The summed E-state index contributed by atoms with van der Waals surface area (Å²) in [5.74, 6) is -0.823. The zero-order valence-electron chi connectivity index (χ0n) is 4.50. The number of carbonyl (C=O) groups is 1. The number of rotatable bonds is 1. The van der Waals surface area contributed by atoms with E-state index in [0.717, 1.165) is 4.35 Å². The van der Waals surface area contributed by atoms with Crippen LogP contribution >= 0.6 is 11.3 Å². The quantitative estimate of drug-likeness (QED) is 0.638. The summed E-state index contributed by atoms with van der Waals surface area (Å²) in [4.78, 5) is 10.3. The third-order valence-corrected chi connectivity index (χ3v) is 3.19. The molecule has 1 atom stereocenters. The molecule has 0 aliphatic heterocycles. The minimum atomic E-state index is -0.823. The van der Waals surface area contributed by atoms with Gasteiger partial charge in [-0.25, -0.2) is 0 Å². The molecule has 1 unspecified atom stereocenters. The van der Waals surface area contributed by atoms with Crippen molar-refractivity contribution in [2.45, 2.75) is 0 Å². The van der Waals surface area contributed by atoms with Crippen molar-refractivity contribution >= 4 is 38.5 Å². The first-order chi connectivity index (χ1) is 4.22. The molecular formula is C5H5AsO2S. The molecule has 9 heavy (non-hydrogen) atoms. The fourth-order valence-corrected chi connectivity index (χ4v) is 2.38. The zero-order valence-corrected chi connectivity index (χ0v) is 7.73. The molecule has 0 aromatic carbocycles. The summed E-state index contributed by atoms with van der Waals surface area (Å²) in [5, 5.41) is 12.0. The number of carboxylic acids is 1. The minimum absolute atomic E-state index is 0.444. The average molecular weight is 204 g/mol. The van der Waals surface area contributed by atoms with Crippen molar-refractivity contribution in [3.8, 4) is 0 Å². The van der Waals surface area contributed by atoms with Crippen LogP contribution in [-0.2, 0) is 0 Å². The van der Waals surface area contributed by atoms with Crippen molar-refractivity contribution < 1.29 is 9.90 Å². The first kappa shape index (κ1) is 6.84. The van der Waals surface area contributed by atoms with Crippen LogP contribution in [0.3, 0.4) is 0 Å². The van der Waals surface area contributed by atoms with E-state index in [1.54, 1.807) is 5.38 Å². The molecule has 0 saturated heterocycles. The Kier molecular flexibility index (Phi) is 1.93. The van der Waals surface area contributed by atoms with Gasteiger partial charge in [0, 0.05) is 0 Å². The van der Waals surface area contributed by atoms with Crippen LogP contribution in [0.1, 0.15) is 10.4 Å². The molecule has 4 heteroatoms. The van der Waals surface area contributed by atoms with E-state index in [1.165, 1.54) is 28.2 Å². The van der Waals surface area contributed by atoms with E-state index in [0.29, 0.717) is 5.56 Å². The molecule has 1 N–H and O–H groups in total. The van der Waals surface area contributed by atoms with Gasteiger partial charge in [0.15, 0.2) is 0 Å². The van der Waals surface area contributed by atoms with E-state index in [1.807, 2.05) is 5.38 Å². The van der Waals surface area contributed by atoms with Crippen molar-refractivity contribution in [2.75, 3.05) is 0 Å². The predicted octanol–water partition coefficient (Wildman–Crippen LogP) is -0.295. The molecule has 0 saturated carbocycles. The van der Waals surface area contributed by atoms with Gasteiger partial charge in [-0.2, -0.15) is 0 Å². The summed E-state index contributed by atoms with van der Waals surface area (Å²) in [5.41, 5.74) is 0.444. The van der Waals surface area contributed by atoms with Crippen molar-refractivity contribution in [1.29, 1.82) is 0 Å². The van der Waals surface area contributed by atoms with Crippen LogP contribution in [0.2, 0.25) is 0 Å². The van der Waals surface area contributed by atoms with E-state index in [2.05, 4.69) is 0 Å². The van der Waals surface area contributed by atoms with Gasteiger partial charge in [0.2, 0.25) is 0 Å². The molecule has 1 aromatic rings. The third-order valence-electron chi connectivity index (χ3n) is 0.922. The molecule has 0 aliphatic carbocycles. The van der Waals surface area contributed by atoms with E-state index >= 15 is 0 Å². The van der Waals surface area contributed by atoms with Crippen LogP contribution in [-0.4, -0.2) is 27.9 Å². The van der Waals surface area contributed by atoms with E-state index in [4.69, 9.17) is 5.11 Å². The summed E-state index contributed by atoms with van der Waals surface area (Å²) in [6.07, 6.45) is 0. The van der Waals surface area contributed by atoms with E-state index in [9.17, 15) is 4.79 Å². The normalized spacial score (nSPS) is 9.44. The summed E-state index contributed by atoms with van der Waals surface area (Å²) >= 11 is 2.79. The average Bonchev–Trinajstić information content (AvgIpc) is 2.13. The Morgan fingerprint density at radius 1 is 1.67 bits per heavy atom. The first-order valence-corrected chi connectivity index (χ1v) is 4.42. The van der Waals surface area contributed by atoms with Gasteiger partial charge in [0.05, 0.1) is 0 Å². The second kappa shape index (κ2) is 2.54. The van der Waals surface area contributed by atoms with Gasteiger partial charge in [-0.05, 0) is 0 Å². The van der Waals surface area contributed by atoms with Gasteiger partial charge in [-0.3, -0.25) is 0 Å². The molecule has 2 nitrogen and oxygen atoms in total. The molecule has 0 radical (unpaired) electrons. The van der Waals surface area contributed by atoms with Gasteiger partial charge < -0.3 is 0 Å². The Labute approximate surface area is 65.0 Å². The molecule has 0 aliphatic rings. The SMILES string of the molecule is O=C(O)c1cscc1[AsH2]. The van der Waals surface area contributed by atoms with Crippen molar-refractivity contribution in [2.24, 2.45) is 0 Å². The second-order valence-electron chi connectivity index (χ2n) is 1.55. The number of hydrogen-bond donors (Lipinski definition) is 1. The van der Waals surface area contributed by atoms with E-state index in [-0.39, 0.29) is 0 Å². The van der Waals surface area contributed by atoms with Gasteiger partial charge in [-0.15, -0.1) is 0 Å². The van der Waals surface area contributed by atoms with Crippen molar-refractivity contribution in [1.82, 2.24) is 0 Å². The van der Waals surface area contributed by atoms with Crippen LogP contribution in [0.4, 0.5) is 0 Å². The monoisotopic (exact) mass is 204 g/mol. The summed E-state index contributed by atoms with van der Waals surface area (Å²) in [7, 11) is 0. The number of hydrogen-bond acceptors (Lipinski definition) is 2. The molecule has 48 valence electrons. The number of carboxylic acid groups (broad SMARTS) is 1. The standard InChI is InChI=1S/C5H5AsO2S/c6-4-2-9-1-3(4)5(7)8/h1-2H,6H2,(H,7,8). The Morgan fingerprint density at radius 3 is 2.56 bits per heavy atom. The Bertz CT molecular complexity index is 231. The molecule has 1 aromatic heterocycles. The Hall–Kier alpha value is -0.272. The van der Waals surface area contributed by atoms with Gasteiger partial charge >= 0.3 is 64.7 Å². The number of thiophene rings is 1. The topological polar surface area (TPSA) is 37.3 Å². The Morgan fingerprint density at radius 2 is 2.33 bits per heavy atom. The van der Waals surface area contributed by atoms with Crippen LogP contribution < -0.4 is 4.35 Å². The predicted molar refractivity (Wildman–Crippen MR) is 39.5 cm³/mol. The fourth-order valence-electron chi connectivity index (χ4n) is 0.481. The van der Waals surface area contributed by atoms with Crippen LogP contribution in [0.25, 0.3) is 0 Å². The van der Waals surface area contributed by atoms with Crippen molar-refractivity contribution in [3.63, 3.8) is 0 Å². The Balaban J connectivity index is 3.08. The van der Waals surface area contributed by atoms with Crippen LogP contribution in [0.15, 0.2) is 10.8 Å². The molecule has 0 fully saturated rings. The van der Waals surface area contributed by atoms with Crippen molar-refractivity contribution in [3.05, 3.63) is 16.3 Å². The summed E-state index contributed by atoms with van der Waals surface area (Å²) in [6, 6.07) is 0. The number of aromatic carboxylic acids is 1. The third kappa shape index (κ3) is 1.35. The molecule has 0 bridgehead atoms. The second-order valence-corrected chi connectivity index (χ2v) is 3.59. The zero-order chi connectivity index (χ0) is 6.85. The van der Waals surface area contributed by atoms with Crippen LogP contribution in [0, 0.1) is 0 Å². The maximum atomic E-state index is 10.3. The fraction of sp³-hybridized carbons (Fsp3) is 0. The molecular weight excluding hydrogens is 199 g/mol. The van der Waals surface area contributed by atoms with E-state index < -0.39 is 5.97 Å². The molecule has 1 heterocycles. The first-order valence-electron chi connectivity index (χ1n) is 2.27. The molecule has 1 rings (SSSR count). The molecule has 0 spiro atoms. The van der Waals surface area contributed by atoms with Crippen LogP contribution in [0.5, 0.6) is 0 Å². The summed E-state index contributed by atoms with van der Waals surface area (Å²) in [6.45, 7) is 0. The van der Waals surface area contributed by atoms with Gasteiger partial charge in [0.1, 0.15) is 0 Å².